The molecule has 15 heavy (non-hydrogen) atoms. The first-order valence-corrected chi connectivity index (χ1v) is 4.29. The molecule has 1 aromatic carbocycles. The van der Waals surface area contributed by atoms with Crippen LogP contribution in [-0.2, 0) is 4.84 Å². The van der Waals surface area contributed by atoms with Gasteiger partial charge in [-0.2, -0.15) is 0 Å². The van der Waals surface area contributed by atoms with E-state index in [2.05, 4.69) is 16.7 Å². The molecule has 5 heteroatoms. The maximum Gasteiger partial charge on any atom is 0.264 e. The van der Waals surface area contributed by atoms with E-state index in [1.807, 2.05) is 0 Å². The summed E-state index contributed by atoms with van der Waals surface area (Å²) >= 11 is 0. The van der Waals surface area contributed by atoms with Crippen LogP contribution < -0.4 is 0 Å². The number of carbonyl (C=O) groups excluding carboxylic acids is 2. The third kappa shape index (κ3) is 1.38. The molecule has 5 nitrogen and oxygen atoms in total. The molecule has 0 fully saturated rings. The Morgan fingerprint density at radius 2 is 1.73 bits per heavy atom. The number of nitrogens with zero attached hydrogens (tertiary/aromatic N) is 2. The Morgan fingerprint density at radius 3 is 2.20 bits per heavy atom. The van der Waals surface area contributed by atoms with Gasteiger partial charge in [-0.25, -0.2) is 4.90 Å². The Morgan fingerprint density at radius 1 is 1.20 bits per heavy atom. The summed E-state index contributed by atoms with van der Waals surface area (Å²) in [5, 5.41) is 3.13. The number of hydrogen-bond donors (Lipinski definition) is 0. The topological polar surface area (TPSA) is 59.0 Å². The van der Waals surface area contributed by atoms with Crippen molar-refractivity contribution in [1.29, 1.82) is 0 Å². The van der Waals surface area contributed by atoms with Crippen molar-refractivity contribution in [2.45, 2.75) is 0 Å². The lowest BCUT2D eigenvalue weighted by Crippen LogP contribution is -2.31. The number of oxime groups is 1. The first kappa shape index (κ1) is 9.39. The molecule has 0 unspecified atom stereocenters. The Bertz CT molecular complexity index is 407. The van der Waals surface area contributed by atoms with Gasteiger partial charge in [-0.1, -0.05) is 12.1 Å². The third-order valence-electron chi connectivity index (χ3n) is 2.16. The molecule has 1 aliphatic heterocycles. The zero-order valence-corrected chi connectivity index (χ0v) is 7.84. The molecule has 1 aliphatic rings. The van der Waals surface area contributed by atoms with Crippen molar-refractivity contribution in [3.63, 3.8) is 0 Å². The number of carbonyl (C=O) groups is 2. The number of imide groups is 1. The van der Waals surface area contributed by atoms with Gasteiger partial charge in [0.05, 0.1) is 11.1 Å². The van der Waals surface area contributed by atoms with Gasteiger partial charge >= 0.3 is 0 Å². The van der Waals surface area contributed by atoms with Crippen molar-refractivity contribution in [3.05, 3.63) is 35.4 Å². The molecule has 76 valence electrons. The molecule has 0 atom stereocenters. The summed E-state index contributed by atoms with van der Waals surface area (Å²) in [5.74, 6) is -0.724. The third-order valence-corrected chi connectivity index (χ3v) is 2.16. The summed E-state index contributed by atoms with van der Waals surface area (Å²) < 4.78 is 0. The lowest BCUT2D eigenvalue weighted by Gasteiger charge is -2.10. The fraction of sp³-hybridized carbons (Fsp3) is 0.100. The van der Waals surface area contributed by atoms with Gasteiger partial charge in [0.25, 0.3) is 11.8 Å². The minimum Gasteiger partial charge on any atom is -0.374 e. The molecule has 0 saturated heterocycles. The van der Waals surface area contributed by atoms with Crippen LogP contribution in [-0.4, -0.2) is 30.2 Å². The van der Waals surface area contributed by atoms with Crippen LogP contribution in [0.25, 0.3) is 0 Å². The summed E-state index contributed by atoms with van der Waals surface area (Å²) in [6.45, 7) is 2.90. The molecule has 0 aliphatic carbocycles. The van der Waals surface area contributed by atoms with Crippen molar-refractivity contribution >= 4 is 18.5 Å². The molecule has 0 saturated carbocycles. The standard InChI is InChI=1S/C10H8N2O3/c1-11-15-6-12-9(13)7-4-2-3-5-8(7)10(12)14/h2-5H,1,6H2. The van der Waals surface area contributed by atoms with E-state index in [1.165, 1.54) is 0 Å². The van der Waals surface area contributed by atoms with Gasteiger partial charge in [-0.05, 0) is 12.1 Å². The Labute approximate surface area is 85.9 Å². The predicted octanol–water partition coefficient (Wildman–Crippen LogP) is 0.872. The number of fused-ring (bicyclic) bond motifs is 1. The van der Waals surface area contributed by atoms with Crippen molar-refractivity contribution in [3.8, 4) is 0 Å². The predicted molar refractivity (Wildman–Crippen MR) is 52.4 cm³/mol. The molecule has 0 aromatic heterocycles. The normalized spacial score (nSPS) is 14.0. The van der Waals surface area contributed by atoms with E-state index in [4.69, 9.17) is 0 Å². The average molecular weight is 204 g/mol. The van der Waals surface area contributed by atoms with Gasteiger partial charge in [0.15, 0.2) is 6.73 Å². The second-order valence-corrected chi connectivity index (χ2v) is 2.97. The highest BCUT2D eigenvalue weighted by Gasteiger charge is 2.35. The quantitative estimate of drug-likeness (QED) is 0.417. The van der Waals surface area contributed by atoms with Gasteiger partial charge in [0.1, 0.15) is 0 Å². The van der Waals surface area contributed by atoms with E-state index in [1.54, 1.807) is 24.3 Å². The Balaban J connectivity index is 2.32. The van der Waals surface area contributed by atoms with E-state index in [-0.39, 0.29) is 18.5 Å². The number of benzene rings is 1. The molecule has 2 amide bonds. The Hall–Kier alpha value is -2.17. The number of rotatable bonds is 3. The molecule has 0 radical (unpaired) electrons. The van der Waals surface area contributed by atoms with E-state index in [0.717, 1.165) is 4.90 Å². The molecule has 0 bridgehead atoms. The minimum absolute atomic E-state index is 0.199. The summed E-state index contributed by atoms with van der Waals surface area (Å²) in [7, 11) is 0. The zero-order chi connectivity index (χ0) is 10.8. The van der Waals surface area contributed by atoms with Crippen LogP contribution in [0, 0.1) is 0 Å². The van der Waals surface area contributed by atoms with Crippen LogP contribution in [0.15, 0.2) is 29.4 Å². The van der Waals surface area contributed by atoms with Gasteiger partial charge in [-0.15, -0.1) is 5.16 Å². The minimum atomic E-state index is -0.362. The fourth-order valence-electron chi connectivity index (χ4n) is 1.45. The molecule has 1 aromatic rings. The van der Waals surface area contributed by atoms with Crippen molar-refractivity contribution < 1.29 is 14.4 Å². The second-order valence-electron chi connectivity index (χ2n) is 2.97. The van der Waals surface area contributed by atoms with Crippen molar-refractivity contribution in [2.75, 3.05) is 6.73 Å². The number of amides is 2. The SMILES string of the molecule is C=NOCN1C(=O)c2ccccc2C1=O. The second kappa shape index (κ2) is 3.53. The molecule has 0 spiro atoms. The smallest absolute Gasteiger partial charge is 0.264 e. The highest BCUT2D eigenvalue weighted by molar-refractivity contribution is 6.21. The number of hydrogen-bond acceptors (Lipinski definition) is 4. The molecule has 0 N–H and O–H groups in total. The van der Waals surface area contributed by atoms with Crippen molar-refractivity contribution in [2.24, 2.45) is 5.16 Å². The average Bonchev–Trinajstić information content (AvgIpc) is 2.51. The monoisotopic (exact) mass is 204 g/mol. The lowest BCUT2D eigenvalue weighted by atomic mass is 10.1. The van der Waals surface area contributed by atoms with Crippen LogP contribution in [0.3, 0.4) is 0 Å². The van der Waals surface area contributed by atoms with Crippen LogP contribution in [0.1, 0.15) is 20.7 Å². The zero-order valence-electron chi connectivity index (χ0n) is 7.84. The van der Waals surface area contributed by atoms with Gasteiger partial charge in [0.2, 0.25) is 0 Å². The van der Waals surface area contributed by atoms with Crippen molar-refractivity contribution in [1.82, 2.24) is 4.90 Å². The van der Waals surface area contributed by atoms with Crippen LogP contribution in [0.2, 0.25) is 0 Å². The van der Waals surface area contributed by atoms with E-state index in [0.29, 0.717) is 11.1 Å². The summed E-state index contributed by atoms with van der Waals surface area (Å²) in [4.78, 5) is 28.9. The Kier molecular flexibility index (Phi) is 2.21. The summed E-state index contributed by atoms with van der Waals surface area (Å²) in [5.41, 5.74) is 0.797. The van der Waals surface area contributed by atoms with Gasteiger partial charge in [0, 0.05) is 6.72 Å². The van der Waals surface area contributed by atoms with Crippen LogP contribution >= 0.6 is 0 Å². The largest absolute Gasteiger partial charge is 0.374 e. The first-order chi connectivity index (χ1) is 7.25. The first-order valence-electron chi connectivity index (χ1n) is 4.29. The maximum atomic E-state index is 11.7. The maximum absolute atomic E-state index is 11.7. The summed E-state index contributed by atoms with van der Waals surface area (Å²) in [6.07, 6.45) is 0. The van der Waals surface area contributed by atoms with Crippen LogP contribution in [0.4, 0.5) is 0 Å². The van der Waals surface area contributed by atoms with Gasteiger partial charge < -0.3 is 4.84 Å². The van der Waals surface area contributed by atoms with Crippen LogP contribution in [0.5, 0.6) is 0 Å². The summed E-state index contributed by atoms with van der Waals surface area (Å²) in [6, 6.07) is 6.63. The molecular weight excluding hydrogens is 196 g/mol. The lowest BCUT2D eigenvalue weighted by molar-refractivity contribution is 0.0280. The fourth-order valence-corrected chi connectivity index (χ4v) is 1.45. The van der Waals surface area contributed by atoms with E-state index in [9.17, 15) is 9.59 Å². The molecular formula is C10H8N2O3. The van der Waals surface area contributed by atoms with Gasteiger partial charge in [-0.3, -0.25) is 9.59 Å². The molecule has 2 rings (SSSR count). The van der Waals surface area contributed by atoms with E-state index >= 15 is 0 Å². The highest BCUT2D eigenvalue weighted by atomic mass is 16.6. The highest BCUT2D eigenvalue weighted by Crippen LogP contribution is 2.21. The van der Waals surface area contributed by atoms with E-state index < -0.39 is 0 Å². The molecule has 1 heterocycles.